The first-order chi connectivity index (χ1) is 11.3. The van der Waals surface area contributed by atoms with E-state index in [2.05, 4.69) is 6.58 Å². The monoisotopic (exact) mass is 392 g/mol. The maximum atomic E-state index is 12.6. The molecule has 1 fully saturated rings. The summed E-state index contributed by atoms with van der Waals surface area (Å²) in [5, 5.41) is 0. The standard InChI is InChI=1S/C14H18F6N2O2S/c1-10(3-4-12(25(23)24)11(2)14(18,19)20)22-7-5-21(6-8-22)9-13(15,16)17/h3-4H,1,5-9H2,2H3,(H,23,24). The van der Waals surface area contributed by atoms with Crippen LogP contribution in [0.1, 0.15) is 6.92 Å². The number of hydrogen-bond donors (Lipinski definition) is 1. The molecule has 4 nitrogen and oxygen atoms in total. The molecule has 0 aromatic heterocycles. The summed E-state index contributed by atoms with van der Waals surface area (Å²) < 4.78 is 95.0. The molecule has 1 rings (SSSR count). The molecular formula is C14H18F6N2O2S. The fourth-order valence-corrected chi connectivity index (χ4v) is 2.74. The molecule has 0 amide bonds. The largest absolute Gasteiger partial charge is 0.413 e. The minimum Gasteiger partial charge on any atom is -0.369 e. The van der Waals surface area contributed by atoms with Crippen molar-refractivity contribution >= 4 is 11.1 Å². The van der Waals surface area contributed by atoms with Gasteiger partial charge in [0, 0.05) is 37.4 Å². The lowest BCUT2D eigenvalue weighted by atomic mass is 10.2. The van der Waals surface area contributed by atoms with Crippen molar-refractivity contribution in [3.63, 3.8) is 0 Å². The van der Waals surface area contributed by atoms with Gasteiger partial charge in [0.15, 0.2) is 11.1 Å². The maximum Gasteiger partial charge on any atom is 0.413 e. The van der Waals surface area contributed by atoms with Crippen LogP contribution in [0.2, 0.25) is 0 Å². The van der Waals surface area contributed by atoms with Crippen molar-refractivity contribution in [2.45, 2.75) is 19.3 Å². The third-order valence-electron chi connectivity index (χ3n) is 3.59. The van der Waals surface area contributed by atoms with Crippen LogP contribution in [0.15, 0.2) is 34.9 Å². The molecule has 1 saturated heterocycles. The number of nitrogens with zero attached hydrogens (tertiary/aromatic N) is 2. The Balaban J connectivity index is 2.73. The highest BCUT2D eigenvalue weighted by Gasteiger charge is 2.34. The Labute approximate surface area is 143 Å². The van der Waals surface area contributed by atoms with E-state index in [1.54, 1.807) is 4.90 Å². The van der Waals surface area contributed by atoms with Crippen molar-refractivity contribution in [1.29, 1.82) is 0 Å². The van der Waals surface area contributed by atoms with Gasteiger partial charge in [0.2, 0.25) is 0 Å². The predicted molar refractivity (Wildman–Crippen MR) is 81.9 cm³/mol. The van der Waals surface area contributed by atoms with Crippen LogP contribution in [0.5, 0.6) is 0 Å². The molecule has 0 aromatic carbocycles. The van der Waals surface area contributed by atoms with Crippen molar-refractivity contribution in [3.05, 3.63) is 34.9 Å². The van der Waals surface area contributed by atoms with E-state index in [0.29, 0.717) is 6.92 Å². The van der Waals surface area contributed by atoms with E-state index in [-0.39, 0.29) is 31.9 Å². The fraction of sp³-hybridized carbons (Fsp3) is 0.571. The number of allylic oxidation sites excluding steroid dienone is 3. The second-order valence-electron chi connectivity index (χ2n) is 5.44. The first kappa shape index (κ1) is 21.7. The van der Waals surface area contributed by atoms with Gasteiger partial charge in [-0.2, -0.15) is 26.3 Å². The molecule has 0 saturated carbocycles. The number of halogens is 6. The molecule has 1 N–H and O–H groups in total. The van der Waals surface area contributed by atoms with Crippen LogP contribution in [-0.2, 0) is 11.1 Å². The van der Waals surface area contributed by atoms with Crippen LogP contribution in [0.25, 0.3) is 0 Å². The quantitative estimate of drug-likeness (QED) is 0.443. The van der Waals surface area contributed by atoms with E-state index in [1.165, 1.54) is 4.90 Å². The number of rotatable bonds is 5. The van der Waals surface area contributed by atoms with E-state index in [1.807, 2.05) is 0 Å². The van der Waals surface area contributed by atoms with E-state index in [9.17, 15) is 30.6 Å². The third-order valence-corrected chi connectivity index (χ3v) is 4.41. The second-order valence-corrected chi connectivity index (χ2v) is 6.38. The lowest BCUT2D eigenvalue weighted by Crippen LogP contribution is -2.48. The van der Waals surface area contributed by atoms with Gasteiger partial charge >= 0.3 is 12.4 Å². The van der Waals surface area contributed by atoms with Gasteiger partial charge in [-0.1, -0.05) is 6.58 Å². The molecular weight excluding hydrogens is 374 g/mol. The Morgan fingerprint density at radius 2 is 1.64 bits per heavy atom. The van der Waals surface area contributed by atoms with Gasteiger partial charge in [-0.3, -0.25) is 4.90 Å². The van der Waals surface area contributed by atoms with E-state index < -0.39 is 40.5 Å². The SMILES string of the molecule is C=C(C=CC(=C(C)C(F)(F)F)S(=O)O)N1CCN(CC(F)(F)F)CC1. The molecule has 0 aliphatic carbocycles. The Kier molecular flexibility index (Phi) is 7.27. The summed E-state index contributed by atoms with van der Waals surface area (Å²) in [6.45, 7) is 4.01. The molecule has 0 spiro atoms. The number of hydrogen-bond acceptors (Lipinski definition) is 3. The summed E-state index contributed by atoms with van der Waals surface area (Å²) in [6, 6.07) is 0. The average Bonchev–Trinajstić information content (AvgIpc) is 2.44. The zero-order valence-corrected chi connectivity index (χ0v) is 14.1. The molecule has 0 aromatic rings. The van der Waals surface area contributed by atoms with Gasteiger partial charge in [-0.05, 0) is 19.1 Å². The van der Waals surface area contributed by atoms with Gasteiger partial charge in [0.1, 0.15) is 0 Å². The molecule has 25 heavy (non-hydrogen) atoms. The lowest BCUT2D eigenvalue weighted by Gasteiger charge is -2.36. The zero-order valence-electron chi connectivity index (χ0n) is 13.3. The Hall–Kier alpha value is -1.33. The fourth-order valence-electron chi connectivity index (χ4n) is 2.18. The molecule has 0 radical (unpaired) electrons. The Bertz CT molecular complexity index is 575. The summed E-state index contributed by atoms with van der Waals surface area (Å²) in [5.41, 5.74) is -0.947. The first-order valence-corrected chi connectivity index (χ1v) is 8.22. The smallest absolute Gasteiger partial charge is 0.369 e. The summed E-state index contributed by atoms with van der Waals surface area (Å²) in [4.78, 5) is 2.02. The summed E-state index contributed by atoms with van der Waals surface area (Å²) in [7, 11) is 0. The summed E-state index contributed by atoms with van der Waals surface area (Å²) in [6.07, 6.45) is -7.04. The molecule has 1 aliphatic rings. The zero-order chi connectivity index (χ0) is 19.4. The highest BCUT2D eigenvalue weighted by Crippen LogP contribution is 2.29. The molecule has 1 unspecified atom stereocenters. The van der Waals surface area contributed by atoms with Crippen LogP contribution in [0.4, 0.5) is 26.3 Å². The highest BCUT2D eigenvalue weighted by molar-refractivity contribution is 7.83. The third kappa shape index (κ3) is 7.20. The molecule has 1 atom stereocenters. The molecule has 1 aliphatic heterocycles. The van der Waals surface area contributed by atoms with Gasteiger partial charge in [-0.15, -0.1) is 0 Å². The van der Waals surface area contributed by atoms with Crippen LogP contribution in [-0.4, -0.2) is 63.6 Å². The van der Waals surface area contributed by atoms with Crippen LogP contribution < -0.4 is 0 Å². The van der Waals surface area contributed by atoms with Gasteiger partial charge in [0.05, 0.1) is 11.4 Å². The normalized spacial score (nSPS) is 19.9. The summed E-state index contributed by atoms with van der Waals surface area (Å²) >= 11 is -2.84. The highest BCUT2D eigenvalue weighted by atomic mass is 32.2. The van der Waals surface area contributed by atoms with Crippen LogP contribution in [0.3, 0.4) is 0 Å². The topological polar surface area (TPSA) is 43.8 Å². The maximum absolute atomic E-state index is 12.6. The van der Waals surface area contributed by atoms with Gasteiger partial charge in [-0.25, -0.2) is 4.21 Å². The van der Waals surface area contributed by atoms with Crippen molar-refractivity contribution in [1.82, 2.24) is 9.80 Å². The number of alkyl halides is 6. The number of piperazine rings is 1. The molecule has 144 valence electrons. The van der Waals surface area contributed by atoms with Crippen LogP contribution in [0, 0.1) is 0 Å². The van der Waals surface area contributed by atoms with Gasteiger partial charge < -0.3 is 9.45 Å². The van der Waals surface area contributed by atoms with E-state index >= 15 is 0 Å². The predicted octanol–water partition coefficient (Wildman–Crippen LogP) is 3.29. The molecule has 0 bridgehead atoms. The first-order valence-electron chi connectivity index (χ1n) is 7.11. The van der Waals surface area contributed by atoms with E-state index in [4.69, 9.17) is 4.55 Å². The van der Waals surface area contributed by atoms with Crippen molar-refractivity contribution in [2.24, 2.45) is 0 Å². The van der Waals surface area contributed by atoms with E-state index in [0.717, 1.165) is 12.2 Å². The molecule has 1 heterocycles. The Morgan fingerprint density at radius 3 is 2.04 bits per heavy atom. The van der Waals surface area contributed by atoms with Gasteiger partial charge in [0.25, 0.3) is 0 Å². The average molecular weight is 392 g/mol. The minimum absolute atomic E-state index is 0.128. The lowest BCUT2D eigenvalue weighted by molar-refractivity contribution is -0.148. The van der Waals surface area contributed by atoms with Crippen molar-refractivity contribution in [3.8, 4) is 0 Å². The van der Waals surface area contributed by atoms with Crippen molar-refractivity contribution < 1.29 is 35.1 Å². The molecule has 11 heteroatoms. The summed E-state index contributed by atoms with van der Waals surface area (Å²) in [5.74, 6) is 0. The Morgan fingerprint density at radius 1 is 1.12 bits per heavy atom. The minimum atomic E-state index is -4.75. The van der Waals surface area contributed by atoms with Crippen molar-refractivity contribution in [2.75, 3.05) is 32.7 Å². The second kappa shape index (κ2) is 8.37. The van der Waals surface area contributed by atoms with Crippen LogP contribution >= 0.6 is 0 Å².